The zero-order valence-electron chi connectivity index (χ0n) is 17.8. The number of fused-ring (bicyclic) bond motifs is 1. The number of nitrogens with zero attached hydrogens (tertiary/aromatic N) is 1. The molecule has 1 aromatic heterocycles. The fraction of sp³-hybridized carbons (Fsp3) is 0.240. The number of anilines is 1. The number of ether oxygens (including phenoxy) is 1. The summed E-state index contributed by atoms with van der Waals surface area (Å²) in [5, 5.41) is 16.3. The van der Waals surface area contributed by atoms with Crippen LogP contribution in [0.2, 0.25) is 0 Å². The molecule has 4 rings (SSSR count). The van der Waals surface area contributed by atoms with Crippen LogP contribution in [0.4, 0.5) is 5.00 Å². The normalized spacial score (nSPS) is 12.4. The van der Waals surface area contributed by atoms with Gasteiger partial charge in [0.2, 0.25) is 0 Å². The van der Waals surface area contributed by atoms with Crippen molar-refractivity contribution < 1.29 is 9.53 Å². The van der Waals surface area contributed by atoms with Crippen LogP contribution in [0.5, 0.6) is 5.75 Å². The molecule has 0 unspecified atom stereocenters. The van der Waals surface area contributed by atoms with Crippen molar-refractivity contribution in [3.05, 3.63) is 80.1 Å². The second kappa shape index (κ2) is 10.9. The molecule has 0 saturated carbocycles. The fourth-order valence-electron chi connectivity index (χ4n) is 3.81. The van der Waals surface area contributed by atoms with Crippen LogP contribution < -0.4 is 15.4 Å². The predicted octanol–water partition coefficient (Wildman–Crippen LogP) is 6.01. The van der Waals surface area contributed by atoms with Crippen molar-refractivity contribution in [2.75, 3.05) is 11.9 Å². The third kappa shape index (κ3) is 5.80. The molecule has 5 nitrogen and oxygen atoms in total. The zero-order chi connectivity index (χ0) is 23.2. The summed E-state index contributed by atoms with van der Waals surface area (Å²) in [4.78, 5) is 14.2. The number of amides is 1. The smallest absolute Gasteiger partial charge is 0.261 e. The molecule has 0 atom stereocenters. The van der Waals surface area contributed by atoms with E-state index >= 15 is 0 Å². The van der Waals surface area contributed by atoms with E-state index in [2.05, 4.69) is 32.6 Å². The first kappa shape index (κ1) is 23.4. The molecule has 0 spiro atoms. The summed E-state index contributed by atoms with van der Waals surface area (Å²) in [5.74, 6) is 0.113. The summed E-state index contributed by atoms with van der Waals surface area (Å²) in [7, 11) is 0. The van der Waals surface area contributed by atoms with E-state index in [4.69, 9.17) is 17.0 Å². The van der Waals surface area contributed by atoms with E-state index in [-0.39, 0.29) is 11.0 Å². The third-order valence-corrected chi connectivity index (χ3v) is 7.32. The van der Waals surface area contributed by atoms with Gasteiger partial charge in [-0.05, 0) is 67.2 Å². The first-order valence-corrected chi connectivity index (χ1v) is 12.7. The third-order valence-electron chi connectivity index (χ3n) is 5.41. The lowest BCUT2D eigenvalue weighted by molar-refractivity contribution is 0.0973. The fourth-order valence-corrected chi connectivity index (χ4v) is 5.67. The van der Waals surface area contributed by atoms with Crippen molar-refractivity contribution in [2.24, 2.45) is 0 Å². The highest BCUT2D eigenvalue weighted by Crippen LogP contribution is 2.37. The number of nitrogens with one attached hydrogen (secondary N) is 2. The lowest BCUT2D eigenvalue weighted by atomic mass is 9.96. The van der Waals surface area contributed by atoms with Gasteiger partial charge in [-0.2, -0.15) is 5.26 Å². The number of benzene rings is 2. The zero-order valence-corrected chi connectivity index (χ0v) is 21.0. The van der Waals surface area contributed by atoms with Gasteiger partial charge in [0.15, 0.2) is 5.11 Å². The van der Waals surface area contributed by atoms with E-state index in [9.17, 15) is 10.1 Å². The minimum atomic E-state index is -0.372. The number of carbonyl (C=O) groups is 1. The summed E-state index contributed by atoms with van der Waals surface area (Å²) in [5.41, 5.74) is 3.30. The summed E-state index contributed by atoms with van der Waals surface area (Å²) < 4.78 is 6.69. The van der Waals surface area contributed by atoms with Crippen LogP contribution in [-0.4, -0.2) is 17.6 Å². The number of thiocarbonyl (C=S) groups is 1. The van der Waals surface area contributed by atoms with Gasteiger partial charge in [0.25, 0.3) is 5.91 Å². The number of hydrogen-bond donors (Lipinski definition) is 2. The highest BCUT2D eigenvalue weighted by atomic mass is 79.9. The van der Waals surface area contributed by atoms with Crippen molar-refractivity contribution in [1.82, 2.24) is 5.32 Å². The van der Waals surface area contributed by atoms with Crippen LogP contribution in [0.25, 0.3) is 0 Å². The molecule has 2 N–H and O–H groups in total. The number of aryl methyl sites for hydroxylation is 1. The number of rotatable bonds is 6. The Morgan fingerprint density at radius 2 is 1.97 bits per heavy atom. The molecule has 1 aliphatic rings. The maximum Gasteiger partial charge on any atom is 0.261 e. The van der Waals surface area contributed by atoms with Crippen LogP contribution in [0.1, 0.15) is 44.8 Å². The second-order valence-corrected chi connectivity index (χ2v) is 10.1. The van der Waals surface area contributed by atoms with Gasteiger partial charge >= 0.3 is 0 Å². The molecule has 0 bridgehead atoms. The van der Waals surface area contributed by atoms with Gasteiger partial charge in [0.1, 0.15) is 16.8 Å². The van der Waals surface area contributed by atoms with Crippen molar-refractivity contribution in [3.8, 4) is 11.8 Å². The van der Waals surface area contributed by atoms with E-state index in [0.29, 0.717) is 28.5 Å². The molecule has 0 radical (unpaired) electrons. The molecule has 0 aliphatic heterocycles. The Labute approximate surface area is 210 Å². The molecule has 8 heteroatoms. The van der Waals surface area contributed by atoms with Crippen LogP contribution in [0.3, 0.4) is 0 Å². The summed E-state index contributed by atoms with van der Waals surface area (Å²) in [6.07, 6.45) is 4.86. The monoisotopic (exact) mass is 539 g/mol. The Kier molecular flexibility index (Phi) is 7.76. The van der Waals surface area contributed by atoms with E-state index < -0.39 is 0 Å². The Balaban J connectivity index is 1.43. The molecular formula is C25H22BrN3O2S2. The Bertz CT molecular complexity index is 1220. The maximum atomic E-state index is 13.0. The van der Waals surface area contributed by atoms with Crippen molar-refractivity contribution in [1.29, 1.82) is 5.26 Å². The summed E-state index contributed by atoms with van der Waals surface area (Å²) in [6.45, 7) is 0.445. The lowest BCUT2D eigenvalue weighted by Gasteiger charge is -2.13. The Morgan fingerprint density at radius 3 is 2.76 bits per heavy atom. The van der Waals surface area contributed by atoms with E-state index in [1.165, 1.54) is 4.88 Å². The Morgan fingerprint density at radius 1 is 1.18 bits per heavy atom. The largest absolute Gasteiger partial charge is 0.492 e. The van der Waals surface area contributed by atoms with Crippen LogP contribution in [0, 0.1) is 11.3 Å². The minimum Gasteiger partial charge on any atom is -0.492 e. The van der Waals surface area contributed by atoms with Gasteiger partial charge < -0.3 is 10.1 Å². The van der Waals surface area contributed by atoms with Crippen LogP contribution >= 0.6 is 39.5 Å². The van der Waals surface area contributed by atoms with Gasteiger partial charge in [-0.25, -0.2) is 0 Å². The van der Waals surface area contributed by atoms with Gasteiger partial charge in [-0.15, -0.1) is 11.3 Å². The molecule has 2 aromatic carbocycles. The first-order valence-electron chi connectivity index (χ1n) is 10.7. The summed E-state index contributed by atoms with van der Waals surface area (Å²) in [6, 6.07) is 17.6. The molecular weight excluding hydrogens is 518 g/mol. The van der Waals surface area contributed by atoms with E-state index in [1.807, 2.05) is 36.4 Å². The second-order valence-electron chi connectivity index (χ2n) is 7.66. The molecule has 3 aromatic rings. The topological polar surface area (TPSA) is 74.2 Å². The van der Waals surface area contributed by atoms with Crippen molar-refractivity contribution in [2.45, 2.75) is 32.1 Å². The average molecular weight is 541 g/mol. The quantitative estimate of drug-likeness (QED) is 0.375. The van der Waals surface area contributed by atoms with Gasteiger partial charge in [-0.1, -0.05) is 46.3 Å². The Hall–Kier alpha value is -2.73. The highest BCUT2D eigenvalue weighted by molar-refractivity contribution is 9.10. The molecule has 168 valence electrons. The minimum absolute atomic E-state index is 0.158. The molecule has 1 aliphatic carbocycles. The van der Waals surface area contributed by atoms with Gasteiger partial charge in [0.05, 0.1) is 17.7 Å². The lowest BCUT2D eigenvalue weighted by Crippen LogP contribution is -2.34. The van der Waals surface area contributed by atoms with Gasteiger partial charge in [-0.3, -0.25) is 10.1 Å². The van der Waals surface area contributed by atoms with E-state index in [1.54, 1.807) is 23.5 Å². The van der Waals surface area contributed by atoms with Gasteiger partial charge in [0, 0.05) is 15.8 Å². The maximum absolute atomic E-state index is 13.0. The SMILES string of the molecule is N#Cc1c(NC(=S)NC(=O)c2cc(Br)ccc2OCCc2ccccc2)sc2c1CCCC2. The number of halogens is 1. The predicted molar refractivity (Wildman–Crippen MR) is 139 cm³/mol. The number of hydrogen-bond acceptors (Lipinski definition) is 5. The van der Waals surface area contributed by atoms with Crippen LogP contribution in [-0.2, 0) is 19.3 Å². The number of nitriles is 1. The molecule has 0 fully saturated rings. The highest BCUT2D eigenvalue weighted by Gasteiger charge is 2.22. The van der Waals surface area contributed by atoms with E-state index in [0.717, 1.165) is 47.7 Å². The summed E-state index contributed by atoms with van der Waals surface area (Å²) >= 11 is 10.4. The number of carbonyl (C=O) groups excluding carboxylic acids is 1. The van der Waals surface area contributed by atoms with Crippen LogP contribution in [0.15, 0.2) is 53.0 Å². The molecule has 0 saturated heterocycles. The molecule has 33 heavy (non-hydrogen) atoms. The van der Waals surface area contributed by atoms with Crippen molar-refractivity contribution >= 4 is 55.5 Å². The molecule has 1 heterocycles. The molecule has 1 amide bonds. The van der Waals surface area contributed by atoms with Crippen molar-refractivity contribution in [3.63, 3.8) is 0 Å². The standard InChI is InChI=1S/C25H22BrN3O2S2/c26-17-10-11-21(31-13-12-16-6-2-1-3-7-16)19(14-17)23(30)28-25(32)29-24-20(15-27)18-8-4-5-9-22(18)33-24/h1-3,6-7,10-11,14H,4-5,8-9,12-13H2,(H2,28,29,30,32). The number of thiophene rings is 1. The first-order chi connectivity index (χ1) is 16.0. The average Bonchev–Trinajstić information content (AvgIpc) is 3.17.